The first-order valence-electron chi connectivity index (χ1n) is 8.70. The normalized spacial score (nSPS) is 21.8. The molecule has 3 aliphatic heterocycles. The van der Waals surface area contributed by atoms with Crippen LogP contribution in [-0.2, 0) is 0 Å². The molecule has 26 heavy (non-hydrogen) atoms. The van der Waals surface area contributed by atoms with Crippen molar-refractivity contribution < 1.29 is 9.59 Å². The average molecular weight is 338 g/mol. The number of carbonyl (C=O) groups is 2. The van der Waals surface area contributed by atoms with E-state index in [2.05, 4.69) is 0 Å². The fourth-order valence-electron chi connectivity index (χ4n) is 4.66. The third kappa shape index (κ3) is 1.46. The van der Waals surface area contributed by atoms with E-state index in [-0.39, 0.29) is 17.9 Å². The Bertz CT molecular complexity index is 1120. The van der Waals surface area contributed by atoms with Gasteiger partial charge in [-0.15, -0.1) is 0 Å². The van der Waals surface area contributed by atoms with E-state index < -0.39 is 6.17 Å². The molecule has 0 spiro atoms. The molecule has 0 fully saturated rings. The zero-order valence-corrected chi connectivity index (χ0v) is 13.8. The summed E-state index contributed by atoms with van der Waals surface area (Å²) in [4.78, 5) is 30.1. The summed E-state index contributed by atoms with van der Waals surface area (Å²) < 4.78 is 0. The molecule has 4 nitrogen and oxygen atoms in total. The number of fused-ring (bicyclic) bond motifs is 10. The molecule has 2 unspecified atom stereocenters. The van der Waals surface area contributed by atoms with Gasteiger partial charge < -0.3 is 4.90 Å². The lowest BCUT2D eigenvalue weighted by Crippen LogP contribution is -2.46. The van der Waals surface area contributed by atoms with Crippen molar-refractivity contribution in [1.29, 1.82) is 0 Å². The van der Waals surface area contributed by atoms with Crippen molar-refractivity contribution in [3.05, 3.63) is 101 Å². The first kappa shape index (κ1) is 13.8. The SMILES string of the molecule is O=C1c2ccccc2C2N1c1ccccc1C1c3ccccc3C(=O)N12. The van der Waals surface area contributed by atoms with Gasteiger partial charge in [-0.1, -0.05) is 54.6 Å². The number of anilines is 1. The number of hydrogen-bond acceptors (Lipinski definition) is 2. The van der Waals surface area contributed by atoms with Crippen molar-refractivity contribution in [2.24, 2.45) is 0 Å². The van der Waals surface area contributed by atoms with Gasteiger partial charge in [0.2, 0.25) is 0 Å². The van der Waals surface area contributed by atoms with Gasteiger partial charge in [-0.05, 0) is 23.8 Å². The number of hydrogen-bond donors (Lipinski definition) is 0. The van der Waals surface area contributed by atoms with Crippen molar-refractivity contribution in [3.63, 3.8) is 0 Å². The van der Waals surface area contributed by atoms with Gasteiger partial charge in [0, 0.05) is 22.3 Å². The van der Waals surface area contributed by atoms with Crippen LogP contribution in [0, 0.1) is 0 Å². The Morgan fingerprint density at radius 1 is 0.615 bits per heavy atom. The van der Waals surface area contributed by atoms with E-state index in [1.54, 1.807) is 4.90 Å². The van der Waals surface area contributed by atoms with Gasteiger partial charge in [0.15, 0.2) is 0 Å². The summed E-state index contributed by atoms with van der Waals surface area (Å²) in [7, 11) is 0. The van der Waals surface area contributed by atoms with E-state index in [4.69, 9.17) is 0 Å². The highest BCUT2D eigenvalue weighted by molar-refractivity contribution is 6.13. The van der Waals surface area contributed by atoms with Crippen molar-refractivity contribution >= 4 is 17.5 Å². The van der Waals surface area contributed by atoms with Gasteiger partial charge in [0.25, 0.3) is 11.8 Å². The highest BCUT2D eigenvalue weighted by atomic mass is 16.2. The van der Waals surface area contributed by atoms with E-state index >= 15 is 0 Å². The van der Waals surface area contributed by atoms with E-state index in [0.717, 1.165) is 27.9 Å². The van der Waals surface area contributed by atoms with Crippen LogP contribution in [0.25, 0.3) is 0 Å². The Morgan fingerprint density at radius 3 is 1.96 bits per heavy atom. The fourth-order valence-corrected chi connectivity index (χ4v) is 4.66. The molecule has 3 aromatic carbocycles. The summed E-state index contributed by atoms with van der Waals surface area (Å²) in [6, 6.07) is 23.1. The minimum atomic E-state index is -0.390. The van der Waals surface area contributed by atoms with Crippen molar-refractivity contribution in [2.45, 2.75) is 12.2 Å². The molecule has 124 valence electrons. The fraction of sp³-hybridized carbons (Fsp3) is 0.0909. The third-order valence-corrected chi connectivity index (χ3v) is 5.69. The molecule has 2 atom stereocenters. The third-order valence-electron chi connectivity index (χ3n) is 5.69. The minimum Gasteiger partial charge on any atom is -0.302 e. The van der Waals surface area contributed by atoms with Crippen LogP contribution in [0.4, 0.5) is 5.69 Å². The van der Waals surface area contributed by atoms with Crippen LogP contribution in [0.2, 0.25) is 0 Å². The summed E-state index contributed by atoms with van der Waals surface area (Å²) in [6.07, 6.45) is -0.390. The number of amides is 2. The molecular formula is C22H14N2O2. The summed E-state index contributed by atoms with van der Waals surface area (Å²) in [5.74, 6) is -0.0557. The zero-order valence-electron chi connectivity index (χ0n) is 13.8. The summed E-state index contributed by atoms with van der Waals surface area (Å²) >= 11 is 0. The Labute approximate surface area is 150 Å². The van der Waals surface area contributed by atoms with Crippen LogP contribution in [0.1, 0.15) is 49.6 Å². The van der Waals surface area contributed by atoms with Gasteiger partial charge >= 0.3 is 0 Å². The van der Waals surface area contributed by atoms with Crippen molar-refractivity contribution in [1.82, 2.24) is 4.90 Å². The Morgan fingerprint density at radius 2 is 1.19 bits per heavy atom. The highest BCUT2D eigenvalue weighted by Gasteiger charge is 2.53. The topological polar surface area (TPSA) is 40.6 Å². The van der Waals surface area contributed by atoms with Crippen LogP contribution < -0.4 is 4.90 Å². The Hall–Kier alpha value is -3.40. The molecule has 3 aliphatic rings. The maximum atomic E-state index is 13.3. The smallest absolute Gasteiger partial charge is 0.260 e. The molecule has 0 saturated heterocycles. The molecule has 0 aromatic heterocycles. The summed E-state index contributed by atoms with van der Waals surface area (Å²) in [5, 5.41) is 0. The van der Waals surface area contributed by atoms with Gasteiger partial charge in [0.1, 0.15) is 6.17 Å². The molecule has 0 aliphatic carbocycles. The van der Waals surface area contributed by atoms with Gasteiger partial charge in [-0.25, -0.2) is 0 Å². The molecule has 0 radical (unpaired) electrons. The monoisotopic (exact) mass is 338 g/mol. The molecule has 2 amide bonds. The summed E-state index contributed by atoms with van der Waals surface area (Å²) in [6.45, 7) is 0. The molecule has 6 rings (SSSR count). The van der Waals surface area contributed by atoms with Crippen LogP contribution in [-0.4, -0.2) is 16.7 Å². The van der Waals surface area contributed by atoms with Crippen LogP contribution in [0.5, 0.6) is 0 Å². The van der Waals surface area contributed by atoms with E-state index in [1.165, 1.54) is 0 Å². The van der Waals surface area contributed by atoms with Gasteiger partial charge in [-0.3, -0.25) is 14.5 Å². The zero-order chi connectivity index (χ0) is 17.4. The highest BCUT2D eigenvalue weighted by Crippen LogP contribution is 2.54. The van der Waals surface area contributed by atoms with Gasteiger partial charge in [0.05, 0.1) is 11.7 Å². The molecule has 0 saturated carbocycles. The Balaban J connectivity index is 1.70. The predicted octanol–water partition coefficient (Wildman–Crippen LogP) is 3.90. The standard InChI is InChI=1S/C22H14N2O2/c25-21-16-10-4-2-8-14(16)20-23(21)18-12-6-5-11-17(18)19-13-7-1-3-9-15(13)22(26)24(19)20/h1-12,19-20H. The van der Waals surface area contributed by atoms with Gasteiger partial charge in [-0.2, -0.15) is 0 Å². The minimum absolute atomic E-state index is 0.0143. The maximum absolute atomic E-state index is 13.3. The first-order valence-corrected chi connectivity index (χ1v) is 8.70. The maximum Gasteiger partial charge on any atom is 0.260 e. The number of carbonyl (C=O) groups excluding carboxylic acids is 2. The second kappa shape index (κ2) is 4.61. The number of rotatable bonds is 0. The quantitative estimate of drug-likeness (QED) is 0.624. The molecule has 4 heteroatoms. The van der Waals surface area contributed by atoms with Crippen LogP contribution in [0.15, 0.2) is 72.8 Å². The number of para-hydroxylation sites is 1. The van der Waals surface area contributed by atoms with Crippen molar-refractivity contribution in [2.75, 3.05) is 4.90 Å². The van der Waals surface area contributed by atoms with Crippen molar-refractivity contribution in [3.8, 4) is 0 Å². The molecular weight excluding hydrogens is 324 g/mol. The van der Waals surface area contributed by atoms with Crippen LogP contribution in [0.3, 0.4) is 0 Å². The first-order chi connectivity index (χ1) is 12.8. The average Bonchev–Trinajstić information content (AvgIpc) is 3.16. The number of benzene rings is 3. The number of nitrogens with zero attached hydrogens (tertiary/aromatic N) is 2. The summed E-state index contributed by atoms with van der Waals surface area (Å²) in [5.41, 5.74) is 5.22. The van der Waals surface area contributed by atoms with E-state index in [9.17, 15) is 9.59 Å². The lowest BCUT2D eigenvalue weighted by atomic mass is 9.93. The molecule has 0 N–H and O–H groups in total. The molecule has 3 heterocycles. The largest absolute Gasteiger partial charge is 0.302 e. The molecule has 0 bridgehead atoms. The lowest BCUT2D eigenvalue weighted by molar-refractivity contribution is 0.0635. The predicted molar refractivity (Wildman–Crippen MR) is 96.9 cm³/mol. The second-order valence-electron chi connectivity index (χ2n) is 6.90. The van der Waals surface area contributed by atoms with Crippen LogP contribution >= 0.6 is 0 Å². The second-order valence-corrected chi connectivity index (χ2v) is 6.90. The van der Waals surface area contributed by atoms with E-state index in [1.807, 2.05) is 77.7 Å². The van der Waals surface area contributed by atoms with E-state index in [0.29, 0.717) is 5.56 Å². The Kier molecular flexibility index (Phi) is 2.45. The lowest BCUT2D eigenvalue weighted by Gasteiger charge is -2.43. The molecule has 3 aromatic rings.